The summed E-state index contributed by atoms with van der Waals surface area (Å²) in [6, 6.07) is 0. The highest BCUT2D eigenvalue weighted by molar-refractivity contribution is 5.78. The Hall–Kier alpha value is -1.12. The van der Waals surface area contributed by atoms with Crippen molar-refractivity contribution in [3.63, 3.8) is 0 Å². The predicted molar refractivity (Wildman–Crippen MR) is 57.3 cm³/mol. The molecule has 0 spiro atoms. The average Bonchev–Trinajstić information content (AvgIpc) is 2.18. The first-order chi connectivity index (χ1) is 7.13. The molecule has 2 atom stereocenters. The van der Waals surface area contributed by atoms with Crippen molar-refractivity contribution < 1.29 is 14.3 Å². The van der Waals surface area contributed by atoms with E-state index in [0.29, 0.717) is 13.0 Å². The molecule has 1 rings (SSSR count). The summed E-state index contributed by atoms with van der Waals surface area (Å²) in [7, 11) is 0. The number of rotatable bonds is 4. The lowest BCUT2D eigenvalue weighted by molar-refractivity contribution is -0.144. The standard InChI is InChI=1S/C12H18O3/c1-3-15-12(14)8-10-5-4-6-11(7-10)9(2)13/h4-5,10-11H,3,6-8H2,1-2H3/t10-,11+/m1/s1. The number of ketones is 1. The summed E-state index contributed by atoms with van der Waals surface area (Å²) in [6.45, 7) is 3.84. The minimum atomic E-state index is -0.170. The minimum Gasteiger partial charge on any atom is -0.466 e. The Labute approximate surface area is 90.5 Å². The molecule has 0 aromatic heterocycles. The molecular formula is C12H18O3. The van der Waals surface area contributed by atoms with Crippen LogP contribution in [0.1, 0.15) is 33.1 Å². The SMILES string of the molecule is CCOC(=O)C[C@@H]1C=CC[C@H](C(C)=O)C1. The molecule has 0 saturated carbocycles. The molecule has 84 valence electrons. The van der Waals surface area contributed by atoms with Crippen molar-refractivity contribution in [1.82, 2.24) is 0 Å². The predicted octanol–water partition coefficient (Wildman–Crippen LogP) is 2.11. The van der Waals surface area contributed by atoms with Crippen LogP contribution in [0.2, 0.25) is 0 Å². The topological polar surface area (TPSA) is 43.4 Å². The van der Waals surface area contributed by atoms with Crippen LogP contribution >= 0.6 is 0 Å². The van der Waals surface area contributed by atoms with Gasteiger partial charge in [-0.15, -0.1) is 0 Å². The number of carbonyl (C=O) groups excluding carboxylic acids is 2. The van der Waals surface area contributed by atoms with Gasteiger partial charge in [-0.05, 0) is 32.6 Å². The van der Waals surface area contributed by atoms with Crippen LogP contribution in [0.5, 0.6) is 0 Å². The summed E-state index contributed by atoms with van der Waals surface area (Å²) >= 11 is 0. The zero-order chi connectivity index (χ0) is 11.3. The molecule has 0 aromatic rings. The maximum atomic E-state index is 11.2. The van der Waals surface area contributed by atoms with Gasteiger partial charge in [0.15, 0.2) is 0 Å². The van der Waals surface area contributed by atoms with Crippen molar-refractivity contribution in [1.29, 1.82) is 0 Å². The summed E-state index contributed by atoms with van der Waals surface area (Å²) < 4.78 is 4.88. The number of Topliss-reactive ketones (excluding diaryl/α,β-unsaturated/α-hetero) is 1. The molecule has 1 aliphatic carbocycles. The highest BCUT2D eigenvalue weighted by atomic mass is 16.5. The first-order valence-corrected chi connectivity index (χ1v) is 5.46. The smallest absolute Gasteiger partial charge is 0.306 e. The first-order valence-electron chi connectivity index (χ1n) is 5.46. The Morgan fingerprint density at radius 3 is 2.80 bits per heavy atom. The lowest BCUT2D eigenvalue weighted by Gasteiger charge is -2.21. The molecule has 3 heteroatoms. The van der Waals surface area contributed by atoms with E-state index >= 15 is 0 Å². The normalized spacial score (nSPS) is 24.9. The van der Waals surface area contributed by atoms with Gasteiger partial charge in [-0.3, -0.25) is 9.59 Å². The van der Waals surface area contributed by atoms with Crippen LogP contribution in [-0.2, 0) is 14.3 Å². The molecular weight excluding hydrogens is 192 g/mol. The second-order valence-corrected chi connectivity index (χ2v) is 3.98. The Bertz CT molecular complexity index is 268. The van der Waals surface area contributed by atoms with E-state index in [9.17, 15) is 9.59 Å². The summed E-state index contributed by atoms with van der Waals surface area (Å²) in [4.78, 5) is 22.5. The van der Waals surface area contributed by atoms with E-state index in [0.717, 1.165) is 12.8 Å². The van der Waals surface area contributed by atoms with E-state index < -0.39 is 0 Å². The number of esters is 1. The molecule has 0 heterocycles. The molecule has 0 N–H and O–H groups in total. The fraction of sp³-hybridized carbons (Fsp3) is 0.667. The van der Waals surface area contributed by atoms with Crippen molar-refractivity contribution in [2.45, 2.75) is 33.1 Å². The van der Waals surface area contributed by atoms with E-state index in [-0.39, 0.29) is 23.6 Å². The Kier molecular flexibility index (Phi) is 4.53. The number of hydrogen-bond donors (Lipinski definition) is 0. The monoisotopic (exact) mass is 210 g/mol. The van der Waals surface area contributed by atoms with Crippen LogP contribution in [0.15, 0.2) is 12.2 Å². The van der Waals surface area contributed by atoms with E-state index in [1.165, 1.54) is 0 Å². The quantitative estimate of drug-likeness (QED) is 0.527. The van der Waals surface area contributed by atoms with Gasteiger partial charge in [-0.1, -0.05) is 12.2 Å². The molecule has 0 saturated heterocycles. The molecule has 3 nitrogen and oxygen atoms in total. The molecule has 0 bridgehead atoms. The van der Waals surface area contributed by atoms with E-state index in [1.807, 2.05) is 12.2 Å². The second kappa shape index (κ2) is 5.69. The number of allylic oxidation sites excluding steroid dienone is 2. The molecule has 0 radical (unpaired) electrons. The third-order valence-corrected chi connectivity index (χ3v) is 2.73. The lowest BCUT2D eigenvalue weighted by Crippen LogP contribution is -2.20. The lowest BCUT2D eigenvalue weighted by atomic mass is 9.83. The molecule has 0 aromatic carbocycles. The summed E-state index contributed by atoms with van der Waals surface area (Å²) in [5, 5.41) is 0. The summed E-state index contributed by atoms with van der Waals surface area (Å²) in [5.74, 6) is 0.311. The van der Waals surface area contributed by atoms with Crippen LogP contribution in [0.3, 0.4) is 0 Å². The number of carbonyl (C=O) groups is 2. The first kappa shape index (κ1) is 12.0. The summed E-state index contributed by atoms with van der Waals surface area (Å²) in [5.41, 5.74) is 0. The van der Waals surface area contributed by atoms with Gasteiger partial charge in [-0.25, -0.2) is 0 Å². The Balaban J connectivity index is 2.43. The van der Waals surface area contributed by atoms with Gasteiger partial charge >= 0.3 is 5.97 Å². The number of ether oxygens (including phenoxy) is 1. The minimum absolute atomic E-state index is 0.0921. The van der Waals surface area contributed by atoms with Crippen LogP contribution < -0.4 is 0 Å². The number of hydrogen-bond acceptors (Lipinski definition) is 3. The maximum absolute atomic E-state index is 11.2. The Morgan fingerprint density at radius 1 is 1.47 bits per heavy atom. The largest absolute Gasteiger partial charge is 0.466 e. The molecule has 0 unspecified atom stereocenters. The third-order valence-electron chi connectivity index (χ3n) is 2.73. The van der Waals surface area contributed by atoms with E-state index in [2.05, 4.69) is 0 Å². The highest BCUT2D eigenvalue weighted by Crippen LogP contribution is 2.26. The third kappa shape index (κ3) is 3.86. The maximum Gasteiger partial charge on any atom is 0.306 e. The van der Waals surface area contributed by atoms with Gasteiger partial charge in [0.2, 0.25) is 0 Å². The molecule has 1 aliphatic rings. The fourth-order valence-corrected chi connectivity index (χ4v) is 1.89. The Morgan fingerprint density at radius 2 is 2.20 bits per heavy atom. The average molecular weight is 210 g/mol. The van der Waals surface area contributed by atoms with Gasteiger partial charge in [0.05, 0.1) is 13.0 Å². The van der Waals surface area contributed by atoms with Crippen LogP contribution in [0, 0.1) is 11.8 Å². The van der Waals surface area contributed by atoms with Crippen molar-refractivity contribution in [3.05, 3.63) is 12.2 Å². The summed E-state index contributed by atoms with van der Waals surface area (Å²) in [6.07, 6.45) is 6.02. The van der Waals surface area contributed by atoms with Gasteiger partial charge in [0.1, 0.15) is 5.78 Å². The van der Waals surface area contributed by atoms with Crippen molar-refractivity contribution in [2.24, 2.45) is 11.8 Å². The zero-order valence-electron chi connectivity index (χ0n) is 9.36. The van der Waals surface area contributed by atoms with Crippen molar-refractivity contribution in [2.75, 3.05) is 6.61 Å². The van der Waals surface area contributed by atoms with Gasteiger partial charge < -0.3 is 4.74 Å². The molecule has 15 heavy (non-hydrogen) atoms. The van der Waals surface area contributed by atoms with E-state index in [4.69, 9.17) is 4.74 Å². The van der Waals surface area contributed by atoms with Gasteiger partial charge in [0, 0.05) is 5.92 Å². The zero-order valence-corrected chi connectivity index (χ0v) is 9.36. The van der Waals surface area contributed by atoms with Gasteiger partial charge in [-0.2, -0.15) is 0 Å². The van der Waals surface area contributed by atoms with Crippen molar-refractivity contribution >= 4 is 11.8 Å². The van der Waals surface area contributed by atoms with Crippen LogP contribution in [0.4, 0.5) is 0 Å². The van der Waals surface area contributed by atoms with Crippen LogP contribution in [0.25, 0.3) is 0 Å². The molecule has 0 aliphatic heterocycles. The highest BCUT2D eigenvalue weighted by Gasteiger charge is 2.23. The van der Waals surface area contributed by atoms with Crippen LogP contribution in [-0.4, -0.2) is 18.4 Å². The molecule has 0 amide bonds. The van der Waals surface area contributed by atoms with Crippen molar-refractivity contribution in [3.8, 4) is 0 Å². The second-order valence-electron chi connectivity index (χ2n) is 3.98. The fourth-order valence-electron chi connectivity index (χ4n) is 1.89. The van der Waals surface area contributed by atoms with E-state index in [1.54, 1.807) is 13.8 Å². The molecule has 0 fully saturated rings. The van der Waals surface area contributed by atoms with Gasteiger partial charge in [0.25, 0.3) is 0 Å².